The molecule has 1 aromatic heterocycles. The Morgan fingerprint density at radius 1 is 1.27 bits per heavy atom. The van der Waals surface area contributed by atoms with Crippen LogP contribution in [0.25, 0.3) is 0 Å². The molecule has 138 valence electrons. The molecule has 1 aromatic carbocycles. The number of rotatable bonds is 6. The van der Waals surface area contributed by atoms with Gasteiger partial charge in [0, 0.05) is 29.7 Å². The molecule has 0 unspecified atom stereocenters. The second-order valence-corrected chi connectivity index (χ2v) is 6.98. The Hall–Kier alpha value is -2.48. The number of nitrogens with one attached hydrogen (secondary N) is 2. The lowest BCUT2D eigenvalue weighted by Gasteiger charge is -2.26. The fraction of sp³-hybridized carbons (Fsp3) is 0.389. The number of carbonyl (C=O) groups excluding carboxylic acids is 1. The minimum Gasteiger partial charge on any atom is -0.497 e. The normalized spacial score (nSPS) is 16.0. The van der Waals surface area contributed by atoms with Gasteiger partial charge in [-0.15, -0.1) is 0 Å². The second-order valence-electron chi connectivity index (χ2n) is 5.89. The highest BCUT2D eigenvalue weighted by Gasteiger charge is 2.32. The van der Waals surface area contributed by atoms with Crippen LogP contribution in [0.2, 0.25) is 0 Å². The molecule has 26 heavy (non-hydrogen) atoms. The molecule has 7 nitrogen and oxygen atoms in total. The lowest BCUT2D eigenvalue weighted by atomic mass is 9.86. The molecule has 2 heterocycles. The highest BCUT2D eigenvalue weighted by Crippen LogP contribution is 2.39. The Kier molecular flexibility index (Phi) is 5.51. The van der Waals surface area contributed by atoms with E-state index in [0.717, 1.165) is 17.7 Å². The lowest BCUT2D eigenvalue weighted by Crippen LogP contribution is -2.31. The first-order valence-electron chi connectivity index (χ1n) is 8.36. The van der Waals surface area contributed by atoms with Gasteiger partial charge in [0.15, 0.2) is 5.16 Å². The molecule has 0 radical (unpaired) electrons. The third-order valence-electron chi connectivity index (χ3n) is 4.19. The van der Waals surface area contributed by atoms with Gasteiger partial charge in [-0.1, -0.05) is 24.8 Å². The molecule has 0 aliphatic carbocycles. The van der Waals surface area contributed by atoms with E-state index in [1.165, 1.54) is 11.8 Å². The van der Waals surface area contributed by atoms with E-state index in [1.807, 2.05) is 6.07 Å². The van der Waals surface area contributed by atoms with Gasteiger partial charge >= 0.3 is 0 Å². The van der Waals surface area contributed by atoms with Gasteiger partial charge in [-0.05, 0) is 12.5 Å². The number of hydrogen-bond donors (Lipinski definition) is 2. The number of carbonyl (C=O) groups is 1. The maximum absolute atomic E-state index is 12.7. The zero-order chi connectivity index (χ0) is 18.7. The standard InChI is InChI=1S/C18H21N3O4S/c1-4-7-26-18-20-16-15(17(23)21-18)12(9-14(22)19-16)11-6-5-10(24-2)8-13(11)25-3/h5-6,8,12H,4,7,9H2,1-3H3,(H2,19,20,21,22,23)/t12-/m0/s1. The van der Waals surface area contributed by atoms with Crippen LogP contribution < -0.4 is 20.3 Å². The highest BCUT2D eigenvalue weighted by atomic mass is 32.2. The maximum Gasteiger partial charge on any atom is 0.257 e. The van der Waals surface area contributed by atoms with E-state index >= 15 is 0 Å². The van der Waals surface area contributed by atoms with E-state index in [4.69, 9.17) is 9.47 Å². The van der Waals surface area contributed by atoms with Crippen LogP contribution in [0.5, 0.6) is 11.5 Å². The number of benzene rings is 1. The molecule has 0 saturated heterocycles. The smallest absolute Gasteiger partial charge is 0.257 e. The van der Waals surface area contributed by atoms with Gasteiger partial charge in [0.05, 0.1) is 19.8 Å². The van der Waals surface area contributed by atoms with Crippen molar-refractivity contribution in [1.29, 1.82) is 0 Å². The Labute approximate surface area is 155 Å². The molecule has 1 aliphatic rings. The summed E-state index contributed by atoms with van der Waals surface area (Å²) in [5.74, 6) is 1.77. The van der Waals surface area contributed by atoms with Crippen molar-refractivity contribution in [3.05, 3.63) is 39.7 Å². The Morgan fingerprint density at radius 2 is 2.08 bits per heavy atom. The summed E-state index contributed by atoms with van der Waals surface area (Å²) in [5, 5.41) is 3.24. The molecule has 0 spiro atoms. The van der Waals surface area contributed by atoms with Crippen LogP contribution in [-0.4, -0.2) is 35.8 Å². The van der Waals surface area contributed by atoms with E-state index in [0.29, 0.717) is 28.0 Å². The number of methoxy groups -OCH3 is 2. The first kappa shape index (κ1) is 18.3. The van der Waals surface area contributed by atoms with Crippen LogP contribution in [0, 0.1) is 0 Å². The van der Waals surface area contributed by atoms with Crippen molar-refractivity contribution >= 4 is 23.5 Å². The zero-order valence-corrected chi connectivity index (χ0v) is 15.7. The first-order valence-corrected chi connectivity index (χ1v) is 9.34. The lowest BCUT2D eigenvalue weighted by molar-refractivity contribution is -0.116. The highest BCUT2D eigenvalue weighted by molar-refractivity contribution is 7.99. The monoisotopic (exact) mass is 375 g/mol. The molecule has 1 amide bonds. The SMILES string of the molecule is CCCSc1nc2c(c(=O)[nH]1)[C@H](c1ccc(OC)cc1OC)CC(=O)N2. The summed E-state index contributed by atoms with van der Waals surface area (Å²) in [4.78, 5) is 32.2. The van der Waals surface area contributed by atoms with Crippen molar-refractivity contribution in [3.63, 3.8) is 0 Å². The fourth-order valence-corrected chi connectivity index (χ4v) is 3.71. The van der Waals surface area contributed by atoms with E-state index in [9.17, 15) is 9.59 Å². The molecule has 0 saturated carbocycles. The Morgan fingerprint density at radius 3 is 2.77 bits per heavy atom. The van der Waals surface area contributed by atoms with Crippen molar-refractivity contribution < 1.29 is 14.3 Å². The number of aromatic nitrogens is 2. The maximum atomic E-state index is 12.7. The van der Waals surface area contributed by atoms with E-state index in [-0.39, 0.29) is 17.9 Å². The number of nitrogens with zero attached hydrogens (tertiary/aromatic N) is 1. The third kappa shape index (κ3) is 3.55. The summed E-state index contributed by atoms with van der Waals surface area (Å²) >= 11 is 1.46. The molecule has 2 N–H and O–H groups in total. The number of H-pyrrole nitrogens is 1. The van der Waals surface area contributed by atoms with Crippen molar-refractivity contribution in [2.75, 3.05) is 25.3 Å². The van der Waals surface area contributed by atoms with Gasteiger partial charge < -0.3 is 19.8 Å². The van der Waals surface area contributed by atoms with Crippen molar-refractivity contribution in [2.45, 2.75) is 30.8 Å². The Bertz CT molecular complexity index is 881. The van der Waals surface area contributed by atoms with Crippen LogP contribution in [0.1, 0.15) is 36.8 Å². The number of anilines is 1. The number of amides is 1. The predicted octanol–water partition coefficient (Wildman–Crippen LogP) is 2.76. The molecule has 8 heteroatoms. The molecular weight excluding hydrogens is 354 g/mol. The Balaban J connectivity index is 2.09. The molecule has 3 rings (SSSR count). The minimum atomic E-state index is -0.430. The van der Waals surface area contributed by atoms with Gasteiger partial charge in [0.1, 0.15) is 17.3 Å². The van der Waals surface area contributed by atoms with Gasteiger partial charge in [-0.2, -0.15) is 0 Å². The van der Waals surface area contributed by atoms with Crippen LogP contribution in [0.3, 0.4) is 0 Å². The summed E-state index contributed by atoms with van der Waals surface area (Å²) in [5.41, 5.74) is 0.969. The molecule has 1 atom stereocenters. The number of aromatic amines is 1. The van der Waals surface area contributed by atoms with Gasteiger partial charge in [-0.3, -0.25) is 9.59 Å². The average Bonchev–Trinajstić information content (AvgIpc) is 2.64. The van der Waals surface area contributed by atoms with Crippen LogP contribution in [-0.2, 0) is 4.79 Å². The summed E-state index contributed by atoms with van der Waals surface area (Å²) in [6.45, 7) is 2.05. The van der Waals surface area contributed by atoms with E-state index < -0.39 is 5.92 Å². The molecule has 2 aromatic rings. The number of fused-ring (bicyclic) bond motifs is 1. The largest absolute Gasteiger partial charge is 0.497 e. The van der Waals surface area contributed by atoms with Crippen molar-refractivity contribution in [1.82, 2.24) is 9.97 Å². The van der Waals surface area contributed by atoms with Crippen LogP contribution in [0.4, 0.5) is 5.82 Å². The van der Waals surface area contributed by atoms with E-state index in [1.54, 1.807) is 26.4 Å². The summed E-state index contributed by atoms with van der Waals surface area (Å²) < 4.78 is 10.7. The van der Waals surface area contributed by atoms with Crippen LogP contribution >= 0.6 is 11.8 Å². The molecular formula is C18H21N3O4S. The van der Waals surface area contributed by atoms with Gasteiger partial charge in [0.25, 0.3) is 5.56 Å². The fourth-order valence-electron chi connectivity index (χ4n) is 2.99. The average molecular weight is 375 g/mol. The number of hydrogen-bond acceptors (Lipinski definition) is 6. The summed E-state index contributed by atoms with van der Waals surface area (Å²) in [6.07, 6.45) is 1.12. The first-order chi connectivity index (χ1) is 12.6. The topological polar surface area (TPSA) is 93.3 Å². The molecule has 0 bridgehead atoms. The number of thioether (sulfide) groups is 1. The third-order valence-corrected chi connectivity index (χ3v) is 5.27. The van der Waals surface area contributed by atoms with Crippen molar-refractivity contribution in [2.24, 2.45) is 0 Å². The minimum absolute atomic E-state index is 0.155. The molecule has 0 fully saturated rings. The summed E-state index contributed by atoms with van der Waals surface area (Å²) in [6, 6.07) is 5.36. The zero-order valence-electron chi connectivity index (χ0n) is 14.9. The predicted molar refractivity (Wildman–Crippen MR) is 101 cm³/mol. The van der Waals surface area contributed by atoms with Crippen molar-refractivity contribution in [3.8, 4) is 11.5 Å². The van der Waals surface area contributed by atoms with Crippen LogP contribution in [0.15, 0.2) is 28.2 Å². The molecule has 1 aliphatic heterocycles. The van der Waals surface area contributed by atoms with Gasteiger partial charge in [0.2, 0.25) is 5.91 Å². The second kappa shape index (κ2) is 7.82. The van der Waals surface area contributed by atoms with Gasteiger partial charge in [-0.25, -0.2) is 4.98 Å². The summed E-state index contributed by atoms with van der Waals surface area (Å²) in [7, 11) is 3.12. The van der Waals surface area contributed by atoms with E-state index in [2.05, 4.69) is 22.2 Å². The number of ether oxygens (including phenoxy) is 2. The quantitative estimate of drug-likeness (QED) is 0.596.